The first-order valence-electron chi connectivity index (χ1n) is 14.0. The SMILES string of the molecule is CC1(C)CNC[C@@](F)(C(=O)N[C@@H]2CC[C@@H](Oc3ccc(CC(=O)O)cc3-c3cccc(F)c3C3CCC3)C2)C1. The number of hydrogen-bond acceptors (Lipinski definition) is 4. The second-order valence-corrected chi connectivity index (χ2v) is 12.4. The largest absolute Gasteiger partial charge is 0.490 e. The topological polar surface area (TPSA) is 87.7 Å². The summed E-state index contributed by atoms with van der Waals surface area (Å²) in [5, 5.41) is 15.3. The predicted molar refractivity (Wildman–Crippen MR) is 145 cm³/mol. The van der Waals surface area contributed by atoms with E-state index in [-0.39, 0.29) is 48.7 Å². The van der Waals surface area contributed by atoms with Crippen LogP contribution in [0.25, 0.3) is 11.1 Å². The number of hydrogen-bond donors (Lipinski definition) is 3. The third kappa shape index (κ3) is 6.11. The van der Waals surface area contributed by atoms with E-state index in [1.165, 1.54) is 6.07 Å². The monoisotopic (exact) mass is 540 g/mol. The van der Waals surface area contributed by atoms with Gasteiger partial charge >= 0.3 is 5.97 Å². The number of carboxylic acids is 1. The molecule has 3 fully saturated rings. The molecule has 3 aliphatic rings. The van der Waals surface area contributed by atoms with Gasteiger partial charge in [-0.1, -0.05) is 38.5 Å². The average molecular weight is 541 g/mol. The molecule has 2 aromatic carbocycles. The number of benzene rings is 2. The molecule has 8 heteroatoms. The Morgan fingerprint density at radius 3 is 2.59 bits per heavy atom. The van der Waals surface area contributed by atoms with Crippen molar-refractivity contribution in [3.05, 3.63) is 53.3 Å². The number of piperidine rings is 1. The van der Waals surface area contributed by atoms with Crippen LogP contribution in [0.1, 0.15) is 75.8 Å². The Kier molecular flexibility index (Phi) is 7.68. The molecular weight excluding hydrogens is 502 g/mol. The normalized spacial score (nSPS) is 26.6. The van der Waals surface area contributed by atoms with Crippen LogP contribution in [-0.4, -0.2) is 47.9 Å². The minimum absolute atomic E-state index is 0.0118. The lowest BCUT2D eigenvalue weighted by Crippen LogP contribution is -2.59. The van der Waals surface area contributed by atoms with Gasteiger partial charge in [0, 0.05) is 31.1 Å². The molecule has 2 aliphatic carbocycles. The van der Waals surface area contributed by atoms with E-state index in [4.69, 9.17) is 4.74 Å². The maximum atomic E-state index is 15.5. The molecule has 2 saturated carbocycles. The molecule has 0 bridgehead atoms. The number of carbonyl (C=O) groups excluding carboxylic acids is 1. The molecule has 0 spiro atoms. The van der Waals surface area contributed by atoms with Crippen LogP contribution >= 0.6 is 0 Å². The zero-order valence-electron chi connectivity index (χ0n) is 22.7. The first-order chi connectivity index (χ1) is 18.5. The third-order valence-electron chi connectivity index (χ3n) is 8.44. The van der Waals surface area contributed by atoms with Crippen molar-refractivity contribution in [2.24, 2.45) is 5.41 Å². The molecule has 1 aliphatic heterocycles. The van der Waals surface area contributed by atoms with Gasteiger partial charge in [0.15, 0.2) is 0 Å². The zero-order valence-corrected chi connectivity index (χ0v) is 22.7. The van der Waals surface area contributed by atoms with Gasteiger partial charge in [-0.15, -0.1) is 0 Å². The Bertz CT molecular complexity index is 1250. The van der Waals surface area contributed by atoms with E-state index >= 15 is 8.78 Å². The fourth-order valence-corrected chi connectivity index (χ4v) is 6.37. The summed E-state index contributed by atoms with van der Waals surface area (Å²) in [6.45, 7) is 4.59. The molecule has 3 N–H and O–H groups in total. The van der Waals surface area contributed by atoms with Gasteiger partial charge < -0.3 is 20.5 Å². The summed E-state index contributed by atoms with van der Waals surface area (Å²) in [7, 11) is 0. The summed E-state index contributed by atoms with van der Waals surface area (Å²) < 4.78 is 37.0. The van der Waals surface area contributed by atoms with E-state index in [9.17, 15) is 14.7 Å². The Hall–Kier alpha value is -3.00. The smallest absolute Gasteiger partial charge is 0.307 e. The number of nitrogens with one attached hydrogen (secondary N) is 2. The Morgan fingerprint density at radius 1 is 1.10 bits per heavy atom. The molecule has 0 radical (unpaired) electrons. The summed E-state index contributed by atoms with van der Waals surface area (Å²) in [6.07, 6.45) is 4.61. The Balaban J connectivity index is 1.34. The molecule has 0 aromatic heterocycles. The van der Waals surface area contributed by atoms with E-state index in [0.29, 0.717) is 48.2 Å². The van der Waals surface area contributed by atoms with Gasteiger partial charge in [0.2, 0.25) is 5.67 Å². The average Bonchev–Trinajstić information content (AvgIpc) is 3.26. The first kappa shape index (κ1) is 27.6. The number of carboxylic acid groups (broad SMARTS) is 1. The van der Waals surface area contributed by atoms with Crippen molar-refractivity contribution in [3.8, 4) is 16.9 Å². The number of amides is 1. The molecule has 39 heavy (non-hydrogen) atoms. The van der Waals surface area contributed by atoms with Crippen molar-refractivity contribution in [2.75, 3.05) is 13.1 Å². The van der Waals surface area contributed by atoms with Crippen LogP contribution in [0.4, 0.5) is 8.78 Å². The van der Waals surface area contributed by atoms with Crippen molar-refractivity contribution in [1.82, 2.24) is 10.6 Å². The fraction of sp³-hybridized carbons (Fsp3) is 0.548. The fourth-order valence-electron chi connectivity index (χ4n) is 6.37. The van der Waals surface area contributed by atoms with Crippen molar-refractivity contribution < 1.29 is 28.2 Å². The van der Waals surface area contributed by atoms with Crippen LogP contribution < -0.4 is 15.4 Å². The summed E-state index contributed by atoms with van der Waals surface area (Å²) in [6, 6.07) is 10.1. The van der Waals surface area contributed by atoms with Crippen molar-refractivity contribution in [3.63, 3.8) is 0 Å². The zero-order chi connectivity index (χ0) is 27.8. The number of ether oxygens (including phenoxy) is 1. The third-order valence-corrected chi connectivity index (χ3v) is 8.44. The highest BCUT2D eigenvalue weighted by Crippen LogP contribution is 2.45. The number of aliphatic carboxylic acids is 1. The van der Waals surface area contributed by atoms with Crippen LogP contribution in [0.3, 0.4) is 0 Å². The van der Waals surface area contributed by atoms with E-state index in [2.05, 4.69) is 10.6 Å². The van der Waals surface area contributed by atoms with E-state index in [1.807, 2.05) is 19.9 Å². The molecular formula is C31H38F2N2O4. The lowest BCUT2D eigenvalue weighted by Gasteiger charge is -2.39. The standard InChI is InChI=1S/C31H38F2N2O4/c1-30(2)16-31(33,18-34-17-30)29(38)35-21-10-11-22(15-21)39-26-12-9-19(14-27(36)37)13-24(26)23-7-4-8-25(32)28(23)20-5-3-6-20/h4,7-9,12-13,20-22,34H,3,5-6,10-11,14-18H2,1-2H3,(H,35,38)(H,36,37)/t21-,22-,31-/m1/s1. The Labute approximate surface area is 228 Å². The molecule has 1 amide bonds. The number of carbonyl (C=O) groups is 2. The van der Waals surface area contributed by atoms with Crippen molar-refractivity contribution >= 4 is 11.9 Å². The van der Waals surface area contributed by atoms with Gasteiger partial charge in [0.25, 0.3) is 5.91 Å². The second kappa shape index (κ2) is 10.9. The van der Waals surface area contributed by atoms with Crippen molar-refractivity contribution in [1.29, 1.82) is 0 Å². The molecule has 6 nitrogen and oxygen atoms in total. The quantitative estimate of drug-likeness (QED) is 0.410. The van der Waals surface area contributed by atoms with Crippen LogP contribution in [0.2, 0.25) is 0 Å². The van der Waals surface area contributed by atoms with Gasteiger partial charge in [-0.25, -0.2) is 8.78 Å². The maximum absolute atomic E-state index is 15.5. The molecule has 210 valence electrons. The second-order valence-electron chi connectivity index (χ2n) is 12.4. The molecule has 2 aromatic rings. The first-order valence-corrected chi connectivity index (χ1v) is 14.0. The van der Waals surface area contributed by atoms with Crippen LogP contribution in [0.15, 0.2) is 36.4 Å². The summed E-state index contributed by atoms with van der Waals surface area (Å²) >= 11 is 0. The summed E-state index contributed by atoms with van der Waals surface area (Å²) in [4.78, 5) is 24.3. The van der Waals surface area contributed by atoms with Crippen LogP contribution in [0.5, 0.6) is 5.75 Å². The summed E-state index contributed by atoms with van der Waals surface area (Å²) in [5.41, 5.74) is 0.447. The van der Waals surface area contributed by atoms with E-state index in [0.717, 1.165) is 24.8 Å². The Morgan fingerprint density at radius 2 is 1.90 bits per heavy atom. The van der Waals surface area contributed by atoms with E-state index in [1.54, 1.807) is 24.3 Å². The van der Waals surface area contributed by atoms with Crippen LogP contribution in [-0.2, 0) is 16.0 Å². The summed E-state index contributed by atoms with van der Waals surface area (Å²) in [5.74, 6) is -1.07. The highest BCUT2D eigenvalue weighted by molar-refractivity contribution is 5.86. The lowest BCUT2D eigenvalue weighted by atomic mass is 9.76. The molecule has 1 saturated heterocycles. The van der Waals surface area contributed by atoms with Gasteiger partial charge in [0.1, 0.15) is 17.7 Å². The predicted octanol–water partition coefficient (Wildman–Crippen LogP) is 5.53. The number of alkyl halides is 1. The molecule has 5 rings (SSSR count). The maximum Gasteiger partial charge on any atom is 0.307 e. The number of halogens is 2. The molecule has 3 atom stereocenters. The number of rotatable bonds is 8. The highest BCUT2D eigenvalue weighted by atomic mass is 19.1. The highest BCUT2D eigenvalue weighted by Gasteiger charge is 2.47. The minimum Gasteiger partial charge on any atom is -0.490 e. The van der Waals surface area contributed by atoms with Gasteiger partial charge in [-0.2, -0.15) is 0 Å². The van der Waals surface area contributed by atoms with Crippen molar-refractivity contribution in [2.45, 2.75) is 88.9 Å². The lowest BCUT2D eigenvalue weighted by molar-refractivity contribution is -0.137. The van der Waals surface area contributed by atoms with Gasteiger partial charge in [0.05, 0.1) is 6.42 Å². The molecule has 0 unspecified atom stereocenters. The minimum atomic E-state index is -1.94. The van der Waals surface area contributed by atoms with Crippen LogP contribution in [0, 0.1) is 11.2 Å². The van der Waals surface area contributed by atoms with Gasteiger partial charge in [-0.05, 0) is 78.3 Å². The van der Waals surface area contributed by atoms with E-state index < -0.39 is 17.5 Å². The van der Waals surface area contributed by atoms with Gasteiger partial charge in [-0.3, -0.25) is 9.59 Å². The molecule has 1 heterocycles.